The zero-order chi connectivity index (χ0) is 16.3. The molecule has 1 fully saturated rings. The lowest BCUT2D eigenvalue weighted by atomic mass is 9.87. The molecule has 4 heteroatoms. The van der Waals surface area contributed by atoms with Gasteiger partial charge in [0.15, 0.2) is 6.54 Å². The van der Waals surface area contributed by atoms with Gasteiger partial charge in [-0.2, -0.15) is 5.26 Å². The summed E-state index contributed by atoms with van der Waals surface area (Å²) < 4.78 is 0. The first-order valence-electron chi connectivity index (χ1n) is 8.76. The number of nitrogens with zero attached hydrogens (tertiary/aromatic N) is 1. The fraction of sp³-hybridized carbons (Fsp3) is 0.579. The average Bonchev–Trinajstić information content (AvgIpc) is 3.03. The molecule has 1 unspecified atom stereocenters. The highest BCUT2D eigenvalue weighted by molar-refractivity contribution is 5.78. The first kappa shape index (κ1) is 16.0. The Kier molecular flexibility index (Phi) is 4.68. The van der Waals surface area contributed by atoms with Crippen LogP contribution in [-0.2, 0) is 11.2 Å². The number of quaternary nitrogens is 1. The maximum absolute atomic E-state index is 12.4. The van der Waals surface area contributed by atoms with Gasteiger partial charge in [-0.3, -0.25) is 4.79 Å². The molecule has 0 aliphatic heterocycles. The molecule has 23 heavy (non-hydrogen) atoms. The number of likely N-dealkylation sites (N-methyl/N-ethyl adjacent to an activating group) is 1. The predicted molar refractivity (Wildman–Crippen MR) is 88.8 cm³/mol. The van der Waals surface area contributed by atoms with Gasteiger partial charge >= 0.3 is 0 Å². The largest absolute Gasteiger partial charge is 0.333 e. The highest BCUT2D eigenvalue weighted by Gasteiger charge is 2.36. The summed E-state index contributed by atoms with van der Waals surface area (Å²) in [7, 11) is 2.10. The number of hydrogen-bond acceptors (Lipinski definition) is 2. The van der Waals surface area contributed by atoms with Gasteiger partial charge in [0.25, 0.3) is 5.91 Å². The lowest BCUT2D eigenvalue weighted by molar-refractivity contribution is -0.905. The Bertz CT molecular complexity index is 613. The van der Waals surface area contributed by atoms with Crippen LogP contribution in [-0.4, -0.2) is 25.0 Å². The summed E-state index contributed by atoms with van der Waals surface area (Å²) >= 11 is 0. The third-order valence-electron chi connectivity index (χ3n) is 5.45. The van der Waals surface area contributed by atoms with Crippen LogP contribution in [0.3, 0.4) is 0 Å². The summed E-state index contributed by atoms with van der Waals surface area (Å²) in [6.07, 6.45) is 7.10. The molecular formula is C19H26N3O+. The molecule has 0 saturated heterocycles. The van der Waals surface area contributed by atoms with Crippen molar-refractivity contribution in [2.24, 2.45) is 0 Å². The normalized spacial score (nSPS) is 23.6. The number of benzene rings is 1. The molecule has 4 nitrogen and oxygen atoms in total. The highest BCUT2D eigenvalue weighted by atomic mass is 16.2. The van der Waals surface area contributed by atoms with E-state index in [1.807, 2.05) is 0 Å². The van der Waals surface area contributed by atoms with Crippen LogP contribution in [0.25, 0.3) is 0 Å². The van der Waals surface area contributed by atoms with Gasteiger partial charge < -0.3 is 10.2 Å². The van der Waals surface area contributed by atoms with E-state index in [2.05, 4.69) is 42.7 Å². The van der Waals surface area contributed by atoms with Crippen LogP contribution < -0.4 is 10.2 Å². The lowest BCUT2D eigenvalue weighted by Gasteiger charge is -2.31. The number of carbonyl (C=O) groups excluding carboxylic acids is 1. The van der Waals surface area contributed by atoms with E-state index in [9.17, 15) is 10.1 Å². The lowest BCUT2D eigenvalue weighted by Crippen LogP contribution is -3.10. The summed E-state index contributed by atoms with van der Waals surface area (Å²) in [4.78, 5) is 13.7. The van der Waals surface area contributed by atoms with E-state index in [1.54, 1.807) is 0 Å². The standard InChI is InChI=1S/C19H25N3O/c1-22(13-18(23)21-19(14-20)11-4-5-12-19)17-10-6-8-15-7-2-3-9-16(15)17/h2-3,7,9,17H,4-6,8,10-13H2,1H3,(H,21,23)/p+1/t17-/m0/s1. The molecule has 3 rings (SSSR count). The molecule has 1 amide bonds. The maximum atomic E-state index is 12.4. The number of fused-ring (bicyclic) bond motifs is 1. The summed E-state index contributed by atoms with van der Waals surface area (Å²) in [5, 5.41) is 12.4. The second-order valence-electron chi connectivity index (χ2n) is 7.12. The quantitative estimate of drug-likeness (QED) is 0.886. The molecule has 2 N–H and O–H groups in total. The Morgan fingerprint density at radius 3 is 2.83 bits per heavy atom. The molecule has 1 saturated carbocycles. The monoisotopic (exact) mass is 312 g/mol. The van der Waals surface area contributed by atoms with Gasteiger partial charge in [-0.1, -0.05) is 24.3 Å². The summed E-state index contributed by atoms with van der Waals surface area (Å²) in [5.74, 6) is 0.00834. The molecule has 0 heterocycles. The van der Waals surface area contributed by atoms with E-state index in [4.69, 9.17) is 0 Å². The van der Waals surface area contributed by atoms with E-state index >= 15 is 0 Å². The van der Waals surface area contributed by atoms with Crippen molar-refractivity contribution in [2.75, 3.05) is 13.6 Å². The minimum atomic E-state index is -0.609. The van der Waals surface area contributed by atoms with Gasteiger partial charge in [-0.25, -0.2) is 0 Å². The van der Waals surface area contributed by atoms with E-state index in [0.29, 0.717) is 12.6 Å². The summed E-state index contributed by atoms with van der Waals surface area (Å²) in [5.41, 5.74) is 2.20. The second kappa shape index (κ2) is 6.72. The first-order valence-corrected chi connectivity index (χ1v) is 8.76. The van der Waals surface area contributed by atoms with Crippen molar-refractivity contribution in [3.63, 3.8) is 0 Å². The molecule has 0 spiro atoms. The van der Waals surface area contributed by atoms with Crippen molar-refractivity contribution in [3.8, 4) is 6.07 Å². The van der Waals surface area contributed by atoms with Crippen molar-refractivity contribution in [2.45, 2.75) is 56.5 Å². The zero-order valence-corrected chi connectivity index (χ0v) is 13.9. The number of hydrogen-bond donors (Lipinski definition) is 2. The average molecular weight is 312 g/mol. The Morgan fingerprint density at radius 1 is 1.35 bits per heavy atom. The van der Waals surface area contributed by atoms with E-state index in [-0.39, 0.29) is 5.91 Å². The van der Waals surface area contributed by atoms with Gasteiger partial charge in [0, 0.05) is 12.0 Å². The molecule has 1 aromatic rings. The van der Waals surface area contributed by atoms with Crippen LogP contribution in [0.15, 0.2) is 24.3 Å². The maximum Gasteiger partial charge on any atom is 0.276 e. The Hall–Kier alpha value is -1.86. The smallest absolute Gasteiger partial charge is 0.276 e. The van der Waals surface area contributed by atoms with Gasteiger partial charge in [-0.05, 0) is 44.1 Å². The topological polar surface area (TPSA) is 57.3 Å². The van der Waals surface area contributed by atoms with Crippen molar-refractivity contribution in [3.05, 3.63) is 35.4 Å². The van der Waals surface area contributed by atoms with Crippen LogP contribution in [0.4, 0.5) is 0 Å². The van der Waals surface area contributed by atoms with Crippen molar-refractivity contribution >= 4 is 5.91 Å². The van der Waals surface area contributed by atoms with Crippen LogP contribution in [0.5, 0.6) is 0 Å². The number of aryl methyl sites for hydroxylation is 1. The number of rotatable bonds is 4. The molecule has 2 atom stereocenters. The van der Waals surface area contributed by atoms with E-state index in [0.717, 1.165) is 38.5 Å². The number of amides is 1. The molecule has 122 valence electrons. The van der Waals surface area contributed by atoms with Gasteiger partial charge in [0.2, 0.25) is 0 Å². The number of nitrogens with one attached hydrogen (secondary N) is 2. The van der Waals surface area contributed by atoms with Crippen molar-refractivity contribution in [1.82, 2.24) is 5.32 Å². The third kappa shape index (κ3) is 3.40. The minimum absolute atomic E-state index is 0.00834. The van der Waals surface area contributed by atoms with Crippen molar-refractivity contribution in [1.29, 1.82) is 5.26 Å². The molecule has 0 radical (unpaired) electrons. The summed E-state index contributed by atoms with van der Waals surface area (Å²) in [6, 6.07) is 11.3. The number of carbonyl (C=O) groups is 1. The van der Waals surface area contributed by atoms with Crippen LogP contribution in [0, 0.1) is 11.3 Å². The Labute approximate surface area is 138 Å². The van der Waals surface area contributed by atoms with E-state index < -0.39 is 5.54 Å². The molecule has 1 aromatic carbocycles. The Balaban J connectivity index is 1.65. The zero-order valence-electron chi connectivity index (χ0n) is 13.9. The highest BCUT2D eigenvalue weighted by Crippen LogP contribution is 2.29. The van der Waals surface area contributed by atoms with E-state index in [1.165, 1.54) is 22.4 Å². The molecule has 0 bridgehead atoms. The predicted octanol–water partition coefficient (Wildman–Crippen LogP) is 1.53. The van der Waals surface area contributed by atoms with Gasteiger partial charge in [0.1, 0.15) is 11.6 Å². The minimum Gasteiger partial charge on any atom is -0.333 e. The molecule has 2 aliphatic rings. The fourth-order valence-corrected chi connectivity index (χ4v) is 4.20. The third-order valence-corrected chi connectivity index (χ3v) is 5.45. The first-order chi connectivity index (χ1) is 11.1. The van der Waals surface area contributed by atoms with Crippen LogP contribution in [0.2, 0.25) is 0 Å². The van der Waals surface area contributed by atoms with Crippen LogP contribution in [0.1, 0.15) is 55.7 Å². The fourth-order valence-electron chi connectivity index (χ4n) is 4.20. The second-order valence-corrected chi connectivity index (χ2v) is 7.12. The number of nitriles is 1. The SMILES string of the molecule is C[NH+](CC(=O)NC1(C#N)CCCC1)[C@H]1CCCc2ccccc21. The molecule has 0 aromatic heterocycles. The Morgan fingerprint density at radius 2 is 2.09 bits per heavy atom. The van der Waals surface area contributed by atoms with Gasteiger partial charge in [0.05, 0.1) is 13.1 Å². The molecule has 2 aliphatic carbocycles. The summed E-state index contributed by atoms with van der Waals surface area (Å²) in [6.45, 7) is 0.433. The van der Waals surface area contributed by atoms with Crippen molar-refractivity contribution < 1.29 is 9.69 Å². The molecular weight excluding hydrogens is 286 g/mol. The van der Waals surface area contributed by atoms with Gasteiger partial charge in [-0.15, -0.1) is 0 Å². The van der Waals surface area contributed by atoms with Crippen LogP contribution >= 0.6 is 0 Å².